The number of aromatic nitrogens is 1. The summed E-state index contributed by atoms with van der Waals surface area (Å²) < 4.78 is 22.4. The van der Waals surface area contributed by atoms with E-state index < -0.39 is 9.05 Å². The molecule has 2 heterocycles. The Labute approximate surface area is 117 Å². The van der Waals surface area contributed by atoms with Gasteiger partial charge in [0.1, 0.15) is 10.6 Å². The molecule has 1 N–H and O–H groups in total. The van der Waals surface area contributed by atoms with Crippen molar-refractivity contribution in [2.24, 2.45) is 5.92 Å². The van der Waals surface area contributed by atoms with Crippen LogP contribution in [0, 0.1) is 5.92 Å². The second kappa shape index (κ2) is 5.17. The van der Waals surface area contributed by atoms with Crippen LogP contribution < -0.4 is 0 Å². The van der Waals surface area contributed by atoms with Crippen molar-refractivity contribution in [1.29, 1.82) is 0 Å². The second-order valence-electron chi connectivity index (χ2n) is 5.05. The van der Waals surface area contributed by atoms with Gasteiger partial charge in [-0.3, -0.25) is 4.79 Å². The summed E-state index contributed by atoms with van der Waals surface area (Å²) in [4.78, 5) is 16.8. The van der Waals surface area contributed by atoms with Crippen LogP contribution in [0.5, 0.6) is 0 Å². The zero-order chi connectivity index (χ0) is 14.2. The number of rotatable bonds is 2. The number of likely N-dealkylation sites (tertiary alicyclic amines) is 1. The molecule has 1 fully saturated rings. The normalized spacial score (nSPS) is 24.5. The Bertz CT molecular complexity index is 582. The van der Waals surface area contributed by atoms with Gasteiger partial charge in [0, 0.05) is 29.5 Å². The van der Waals surface area contributed by atoms with E-state index in [2.05, 4.69) is 11.9 Å². The van der Waals surface area contributed by atoms with Crippen molar-refractivity contribution in [3.63, 3.8) is 0 Å². The van der Waals surface area contributed by atoms with Gasteiger partial charge in [0.05, 0.1) is 0 Å². The zero-order valence-electron chi connectivity index (χ0n) is 10.9. The largest absolute Gasteiger partial charge is 0.356 e. The number of amides is 1. The highest BCUT2D eigenvalue weighted by Gasteiger charge is 2.30. The predicted octanol–water partition coefficient (Wildman–Crippen LogP) is 2.20. The van der Waals surface area contributed by atoms with E-state index in [9.17, 15) is 13.2 Å². The first-order valence-corrected chi connectivity index (χ1v) is 8.55. The highest BCUT2D eigenvalue weighted by atomic mass is 35.7. The van der Waals surface area contributed by atoms with Crippen LogP contribution in [0.15, 0.2) is 17.2 Å². The molecule has 1 saturated heterocycles. The van der Waals surface area contributed by atoms with Crippen LogP contribution in [0.4, 0.5) is 0 Å². The Hall–Kier alpha value is -1.01. The molecule has 0 aromatic carbocycles. The van der Waals surface area contributed by atoms with E-state index in [1.54, 1.807) is 4.90 Å². The van der Waals surface area contributed by atoms with Crippen LogP contribution >= 0.6 is 10.7 Å². The van der Waals surface area contributed by atoms with E-state index in [1.807, 2.05) is 6.92 Å². The van der Waals surface area contributed by atoms with Crippen LogP contribution in [0.1, 0.15) is 37.2 Å². The van der Waals surface area contributed by atoms with Gasteiger partial charge in [0.15, 0.2) is 0 Å². The molecule has 1 aromatic rings. The lowest BCUT2D eigenvalue weighted by Gasteiger charge is -2.37. The van der Waals surface area contributed by atoms with Gasteiger partial charge in [-0.2, -0.15) is 0 Å². The minimum Gasteiger partial charge on any atom is -0.356 e. The Kier molecular flexibility index (Phi) is 3.92. The number of hydrogen-bond acceptors (Lipinski definition) is 3. The molecule has 2 rings (SSSR count). The molecule has 106 valence electrons. The number of hydrogen-bond donors (Lipinski definition) is 1. The fourth-order valence-corrected chi connectivity index (χ4v) is 3.14. The summed E-state index contributed by atoms with van der Waals surface area (Å²) in [5, 5.41) is 0. The number of piperidine rings is 1. The standard InChI is InChI=1S/C12H17ClN2O3S/c1-8-4-3-5-15(9(8)2)12(16)11-6-10(7-14-11)19(13,17)18/h6-9,14H,3-5H2,1-2H3. The van der Waals surface area contributed by atoms with Crippen LogP contribution in [-0.4, -0.2) is 36.8 Å². The summed E-state index contributed by atoms with van der Waals surface area (Å²) in [6, 6.07) is 1.44. The molecule has 1 aliphatic heterocycles. The molecule has 0 radical (unpaired) electrons. The number of nitrogens with zero attached hydrogens (tertiary/aromatic N) is 1. The molecule has 0 saturated carbocycles. The average molecular weight is 305 g/mol. The van der Waals surface area contributed by atoms with Gasteiger partial charge in [0.25, 0.3) is 15.0 Å². The molecule has 1 aliphatic rings. The van der Waals surface area contributed by atoms with E-state index in [0.717, 1.165) is 12.8 Å². The molecule has 0 spiro atoms. The topological polar surface area (TPSA) is 70.2 Å². The lowest BCUT2D eigenvalue weighted by atomic mass is 9.92. The first-order chi connectivity index (χ1) is 8.80. The summed E-state index contributed by atoms with van der Waals surface area (Å²) in [7, 11) is 1.44. The average Bonchev–Trinajstić information content (AvgIpc) is 2.81. The maximum atomic E-state index is 12.4. The van der Waals surface area contributed by atoms with Crippen molar-refractivity contribution in [2.45, 2.75) is 37.6 Å². The quantitative estimate of drug-likeness (QED) is 0.852. The van der Waals surface area contributed by atoms with Gasteiger partial charge in [-0.1, -0.05) is 6.92 Å². The monoisotopic (exact) mass is 304 g/mol. The van der Waals surface area contributed by atoms with Crippen molar-refractivity contribution in [3.8, 4) is 0 Å². The fraction of sp³-hybridized carbons (Fsp3) is 0.583. The summed E-state index contributed by atoms with van der Waals surface area (Å²) in [5.41, 5.74) is 0.264. The molecular weight excluding hydrogens is 288 g/mol. The minimum atomic E-state index is -3.80. The predicted molar refractivity (Wildman–Crippen MR) is 72.7 cm³/mol. The molecule has 1 aromatic heterocycles. The number of halogens is 1. The molecule has 1 amide bonds. The fourth-order valence-electron chi connectivity index (χ4n) is 2.42. The Morgan fingerprint density at radius 2 is 2.16 bits per heavy atom. The second-order valence-corrected chi connectivity index (χ2v) is 7.61. The Balaban J connectivity index is 2.22. The maximum absolute atomic E-state index is 12.4. The van der Waals surface area contributed by atoms with E-state index in [1.165, 1.54) is 12.3 Å². The number of aromatic amines is 1. The number of nitrogens with one attached hydrogen (secondary N) is 1. The highest BCUT2D eigenvalue weighted by Crippen LogP contribution is 2.25. The van der Waals surface area contributed by atoms with Crippen molar-refractivity contribution in [2.75, 3.05) is 6.54 Å². The van der Waals surface area contributed by atoms with Crippen LogP contribution in [0.2, 0.25) is 0 Å². The van der Waals surface area contributed by atoms with Crippen LogP contribution in [-0.2, 0) is 9.05 Å². The smallest absolute Gasteiger partial charge is 0.270 e. The number of H-pyrrole nitrogens is 1. The van der Waals surface area contributed by atoms with Gasteiger partial charge >= 0.3 is 0 Å². The van der Waals surface area contributed by atoms with Gasteiger partial charge in [0.2, 0.25) is 0 Å². The third-order valence-electron chi connectivity index (χ3n) is 3.80. The van der Waals surface area contributed by atoms with Crippen molar-refractivity contribution in [3.05, 3.63) is 18.0 Å². The molecular formula is C12H17ClN2O3S. The summed E-state index contributed by atoms with van der Waals surface area (Å²) >= 11 is 0. The van der Waals surface area contributed by atoms with Gasteiger partial charge in [-0.15, -0.1) is 0 Å². The zero-order valence-corrected chi connectivity index (χ0v) is 12.5. The maximum Gasteiger partial charge on any atom is 0.270 e. The Morgan fingerprint density at radius 1 is 1.47 bits per heavy atom. The molecule has 7 heteroatoms. The number of carbonyl (C=O) groups is 1. The lowest BCUT2D eigenvalue weighted by molar-refractivity contribution is 0.0545. The van der Waals surface area contributed by atoms with Gasteiger partial charge in [-0.05, 0) is 31.7 Å². The number of carbonyl (C=O) groups excluding carboxylic acids is 1. The molecule has 2 atom stereocenters. The van der Waals surface area contributed by atoms with Gasteiger partial charge in [-0.25, -0.2) is 8.42 Å². The molecule has 0 aliphatic carbocycles. The molecule has 5 nitrogen and oxygen atoms in total. The SMILES string of the molecule is CC1CCCN(C(=O)c2cc(S(=O)(=O)Cl)c[nH]2)C1C. The molecule has 2 unspecified atom stereocenters. The van der Waals surface area contributed by atoms with E-state index in [-0.39, 0.29) is 22.5 Å². The minimum absolute atomic E-state index is 0.0739. The van der Waals surface area contributed by atoms with E-state index in [0.29, 0.717) is 12.5 Å². The van der Waals surface area contributed by atoms with Crippen molar-refractivity contribution < 1.29 is 13.2 Å². The van der Waals surface area contributed by atoms with Crippen molar-refractivity contribution >= 4 is 25.6 Å². The van der Waals surface area contributed by atoms with Crippen LogP contribution in [0.3, 0.4) is 0 Å². The van der Waals surface area contributed by atoms with Crippen molar-refractivity contribution in [1.82, 2.24) is 9.88 Å². The summed E-state index contributed by atoms with van der Waals surface area (Å²) in [6.45, 7) is 4.84. The first-order valence-electron chi connectivity index (χ1n) is 6.24. The van der Waals surface area contributed by atoms with Gasteiger partial charge < -0.3 is 9.88 Å². The molecule has 19 heavy (non-hydrogen) atoms. The third kappa shape index (κ3) is 2.95. The first kappa shape index (κ1) is 14.4. The Morgan fingerprint density at radius 3 is 2.74 bits per heavy atom. The lowest BCUT2D eigenvalue weighted by Crippen LogP contribution is -2.46. The van der Waals surface area contributed by atoms with E-state index >= 15 is 0 Å². The highest BCUT2D eigenvalue weighted by molar-refractivity contribution is 8.13. The third-order valence-corrected chi connectivity index (χ3v) is 5.14. The summed E-state index contributed by atoms with van der Waals surface area (Å²) in [6.07, 6.45) is 3.32. The van der Waals surface area contributed by atoms with Crippen LogP contribution in [0.25, 0.3) is 0 Å². The van der Waals surface area contributed by atoms with E-state index in [4.69, 9.17) is 10.7 Å². The molecule has 0 bridgehead atoms. The summed E-state index contributed by atoms with van der Waals surface area (Å²) in [5.74, 6) is 0.273.